The summed E-state index contributed by atoms with van der Waals surface area (Å²) in [5, 5.41) is 3.04. The Morgan fingerprint density at radius 1 is 1.23 bits per heavy atom. The van der Waals surface area contributed by atoms with Crippen molar-refractivity contribution in [2.24, 2.45) is 0 Å². The molecule has 6 heteroatoms. The molecule has 2 aromatic rings. The van der Waals surface area contributed by atoms with Crippen molar-refractivity contribution in [3.05, 3.63) is 48.3 Å². The Labute approximate surface area is 153 Å². The fourth-order valence-corrected chi connectivity index (χ4v) is 3.67. The first-order valence-electron chi connectivity index (χ1n) is 9.01. The second kappa shape index (κ2) is 7.05. The lowest BCUT2D eigenvalue weighted by Gasteiger charge is -2.33. The molecule has 1 N–H and O–H groups in total. The largest absolute Gasteiger partial charge is 0.373 e. The highest BCUT2D eigenvalue weighted by Crippen LogP contribution is 2.25. The smallest absolute Gasteiger partial charge is 0.322 e. The van der Waals surface area contributed by atoms with Crippen LogP contribution in [0.4, 0.5) is 10.5 Å². The van der Waals surface area contributed by atoms with Crippen molar-refractivity contribution in [3.63, 3.8) is 0 Å². The Bertz CT molecular complexity index is 796. The molecule has 2 amide bonds. The zero-order valence-electron chi connectivity index (χ0n) is 15.2. The number of anilines is 1. The van der Waals surface area contributed by atoms with E-state index >= 15 is 0 Å². The van der Waals surface area contributed by atoms with E-state index < -0.39 is 0 Å². The maximum absolute atomic E-state index is 12.8. The zero-order chi connectivity index (χ0) is 18.1. The Balaban J connectivity index is 1.49. The minimum absolute atomic E-state index is 0.0912. The second-order valence-electron chi connectivity index (χ2n) is 7.02. The number of amides is 2. The summed E-state index contributed by atoms with van der Waals surface area (Å²) >= 11 is 0. The van der Waals surface area contributed by atoms with Crippen LogP contribution in [-0.4, -0.2) is 66.2 Å². The number of aryl methyl sites for hydroxylation is 1. The Morgan fingerprint density at radius 2 is 2.04 bits per heavy atom. The normalized spacial score (nSPS) is 22.9. The van der Waals surface area contributed by atoms with Gasteiger partial charge in [-0.15, -0.1) is 0 Å². The van der Waals surface area contributed by atoms with E-state index in [2.05, 4.69) is 22.2 Å². The molecule has 1 aromatic carbocycles. The summed E-state index contributed by atoms with van der Waals surface area (Å²) in [6.07, 6.45) is 1.95. The van der Waals surface area contributed by atoms with Crippen molar-refractivity contribution in [2.45, 2.75) is 19.1 Å². The minimum atomic E-state index is -0.0912. The van der Waals surface area contributed by atoms with Crippen LogP contribution in [0.5, 0.6) is 0 Å². The van der Waals surface area contributed by atoms with Gasteiger partial charge in [-0.25, -0.2) is 4.79 Å². The highest BCUT2D eigenvalue weighted by Gasteiger charge is 2.40. The van der Waals surface area contributed by atoms with Crippen molar-refractivity contribution in [2.75, 3.05) is 38.6 Å². The average Bonchev–Trinajstić information content (AvgIpc) is 3.10. The summed E-state index contributed by atoms with van der Waals surface area (Å²) in [5.41, 5.74) is 3.63. The van der Waals surface area contributed by atoms with Gasteiger partial charge in [-0.1, -0.05) is 30.3 Å². The van der Waals surface area contributed by atoms with E-state index in [9.17, 15) is 4.79 Å². The number of nitrogens with one attached hydrogen (secondary N) is 1. The van der Waals surface area contributed by atoms with Crippen molar-refractivity contribution in [1.29, 1.82) is 0 Å². The van der Waals surface area contributed by atoms with Gasteiger partial charge in [0.1, 0.15) is 0 Å². The van der Waals surface area contributed by atoms with Gasteiger partial charge in [0.15, 0.2) is 0 Å². The number of carbonyl (C=O) groups excluding carboxylic acids is 1. The molecule has 6 nitrogen and oxygen atoms in total. The maximum atomic E-state index is 12.8. The lowest BCUT2D eigenvalue weighted by Crippen LogP contribution is -2.48. The molecule has 3 heterocycles. The molecule has 2 aliphatic rings. The van der Waals surface area contributed by atoms with E-state index in [-0.39, 0.29) is 18.2 Å². The number of hydrogen-bond donors (Lipinski definition) is 1. The number of carbonyl (C=O) groups is 1. The molecule has 0 radical (unpaired) electrons. The summed E-state index contributed by atoms with van der Waals surface area (Å²) in [5.74, 6) is 0. The Morgan fingerprint density at radius 3 is 2.81 bits per heavy atom. The summed E-state index contributed by atoms with van der Waals surface area (Å²) in [7, 11) is 2.10. The number of nitrogens with zero attached hydrogens (tertiary/aromatic N) is 3. The van der Waals surface area contributed by atoms with E-state index in [0.717, 1.165) is 35.7 Å². The third-order valence-electron chi connectivity index (χ3n) is 5.30. The first-order valence-corrected chi connectivity index (χ1v) is 9.01. The highest BCUT2D eigenvalue weighted by atomic mass is 16.5. The third kappa shape index (κ3) is 3.30. The van der Waals surface area contributed by atoms with E-state index in [1.54, 1.807) is 0 Å². The standard InChI is InChI=1S/C20H24N4O2/c1-14-17(10-16(11-21-14)15-6-4-3-5-7-15)22-20(25)24-12-18-19(13-24)26-9-8-23(18)2/h3-7,10-11,18-19H,8-9,12-13H2,1-2H3,(H,22,25)/t18-,19+/m0/s1. The lowest BCUT2D eigenvalue weighted by molar-refractivity contribution is -0.0367. The van der Waals surface area contributed by atoms with Gasteiger partial charge in [-0.05, 0) is 25.6 Å². The fourth-order valence-electron chi connectivity index (χ4n) is 3.67. The molecule has 1 aromatic heterocycles. The predicted octanol–water partition coefficient (Wildman–Crippen LogP) is 2.60. The molecule has 0 spiro atoms. The summed E-state index contributed by atoms with van der Waals surface area (Å²) in [6, 6.07) is 12.2. The number of fused-ring (bicyclic) bond motifs is 1. The van der Waals surface area contributed by atoms with Gasteiger partial charge < -0.3 is 15.0 Å². The lowest BCUT2D eigenvalue weighted by atomic mass is 10.1. The van der Waals surface area contributed by atoms with Crippen LogP contribution >= 0.6 is 0 Å². The van der Waals surface area contributed by atoms with Gasteiger partial charge in [0.2, 0.25) is 0 Å². The van der Waals surface area contributed by atoms with Crippen molar-refractivity contribution in [1.82, 2.24) is 14.8 Å². The molecule has 2 aliphatic heterocycles. The summed E-state index contributed by atoms with van der Waals surface area (Å²) in [4.78, 5) is 21.4. The van der Waals surface area contributed by atoms with Gasteiger partial charge in [-0.2, -0.15) is 0 Å². The molecule has 0 saturated carbocycles. The molecule has 2 saturated heterocycles. The quantitative estimate of drug-likeness (QED) is 0.903. The molecule has 4 rings (SSSR count). The minimum Gasteiger partial charge on any atom is -0.373 e. The fraction of sp³-hybridized carbons (Fsp3) is 0.400. The van der Waals surface area contributed by atoms with Crippen molar-refractivity contribution < 1.29 is 9.53 Å². The molecule has 26 heavy (non-hydrogen) atoms. The highest BCUT2D eigenvalue weighted by molar-refractivity contribution is 5.91. The number of benzene rings is 1. The number of likely N-dealkylation sites (tertiary alicyclic amines) is 1. The summed E-state index contributed by atoms with van der Waals surface area (Å²) in [6.45, 7) is 4.88. The van der Waals surface area contributed by atoms with Crippen LogP contribution in [0, 0.1) is 6.92 Å². The average molecular weight is 352 g/mol. The molecule has 136 valence electrons. The van der Waals surface area contributed by atoms with Crippen LogP contribution < -0.4 is 5.32 Å². The van der Waals surface area contributed by atoms with Crippen LogP contribution in [0.2, 0.25) is 0 Å². The number of hydrogen-bond acceptors (Lipinski definition) is 4. The molecular weight excluding hydrogens is 328 g/mol. The van der Waals surface area contributed by atoms with E-state index in [1.807, 2.05) is 54.4 Å². The molecule has 2 fully saturated rings. The number of aromatic nitrogens is 1. The SMILES string of the molecule is Cc1ncc(-c2ccccc2)cc1NC(=O)N1C[C@H]2OCCN(C)[C@H]2C1. The first kappa shape index (κ1) is 17.0. The van der Waals surface area contributed by atoms with Gasteiger partial charge in [0.25, 0.3) is 0 Å². The number of pyridine rings is 1. The number of likely N-dealkylation sites (N-methyl/N-ethyl adjacent to an activating group) is 1. The van der Waals surface area contributed by atoms with E-state index in [0.29, 0.717) is 13.1 Å². The second-order valence-corrected chi connectivity index (χ2v) is 7.02. The number of urea groups is 1. The number of ether oxygens (including phenoxy) is 1. The van der Waals surface area contributed by atoms with Crippen LogP contribution in [0.1, 0.15) is 5.69 Å². The Hall–Kier alpha value is -2.44. The van der Waals surface area contributed by atoms with Crippen LogP contribution in [0.3, 0.4) is 0 Å². The molecule has 0 aliphatic carbocycles. The van der Waals surface area contributed by atoms with Gasteiger partial charge in [-0.3, -0.25) is 9.88 Å². The maximum Gasteiger partial charge on any atom is 0.322 e. The molecule has 2 atom stereocenters. The predicted molar refractivity (Wildman–Crippen MR) is 101 cm³/mol. The van der Waals surface area contributed by atoms with Gasteiger partial charge >= 0.3 is 6.03 Å². The van der Waals surface area contributed by atoms with Crippen LogP contribution in [0.25, 0.3) is 11.1 Å². The number of rotatable bonds is 2. The number of morpholine rings is 1. The molecule has 0 bridgehead atoms. The van der Waals surface area contributed by atoms with Gasteiger partial charge in [0, 0.05) is 24.8 Å². The van der Waals surface area contributed by atoms with Crippen molar-refractivity contribution >= 4 is 11.7 Å². The topological polar surface area (TPSA) is 57.7 Å². The first-order chi connectivity index (χ1) is 12.6. The van der Waals surface area contributed by atoms with Crippen LogP contribution in [0.15, 0.2) is 42.6 Å². The van der Waals surface area contributed by atoms with Crippen molar-refractivity contribution in [3.8, 4) is 11.1 Å². The Kier molecular flexibility index (Phi) is 4.61. The van der Waals surface area contributed by atoms with Crippen LogP contribution in [-0.2, 0) is 4.74 Å². The van der Waals surface area contributed by atoms with E-state index in [1.165, 1.54) is 0 Å². The van der Waals surface area contributed by atoms with Gasteiger partial charge in [0.05, 0.1) is 36.7 Å². The monoisotopic (exact) mass is 352 g/mol. The van der Waals surface area contributed by atoms with E-state index in [4.69, 9.17) is 4.74 Å². The molecular formula is C20H24N4O2. The molecule has 0 unspecified atom stereocenters. The zero-order valence-corrected chi connectivity index (χ0v) is 15.2. The summed E-state index contributed by atoms with van der Waals surface area (Å²) < 4.78 is 5.83. The third-order valence-corrected chi connectivity index (χ3v) is 5.30.